The molecule has 32 heavy (non-hydrogen) atoms. The summed E-state index contributed by atoms with van der Waals surface area (Å²) < 4.78 is 26.3. The molecule has 1 aliphatic rings. The van der Waals surface area contributed by atoms with Crippen molar-refractivity contribution in [1.29, 1.82) is 0 Å². The minimum atomic E-state index is -0.413. The van der Waals surface area contributed by atoms with Gasteiger partial charge in [-0.2, -0.15) is 0 Å². The Balaban J connectivity index is 1.47. The lowest BCUT2D eigenvalue weighted by Crippen LogP contribution is -2.25. The topological polar surface area (TPSA) is 90.6 Å². The first-order chi connectivity index (χ1) is 15.5. The molecule has 0 atom stereocenters. The Hall–Kier alpha value is -3.68. The van der Waals surface area contributed by atoms with E-state index in [0.29, 0.717) is 43.1 Å². The van der Waals surface area contributed by atoms with Crippen molar-refractivity contribution in [2.45, 2.75) is 32.7 Å². The van der Waals surface area contributed by atoms with Gasteiger partial charge in [-0.1, -0.05) is 36.4 Å². The molecule has 0 radical (unpaired) electrons. The highest BCUT2D eigenvalue weighted by atomic mass is 19.1. The van der Waals surface area contributed by atoms with Gasteiger partial charge in [-0.3, -0.25) is 4.79 Å². The monoisotopic (exact) mass is 436 g/mol. The minimum Gasteiger partial charge on any atom is -0.454 e. The molecule has 166 valence electrons. The number of anilines is 1. The number of ether oxygens (including phenoxy) is 2. The quantitative estimate of drug-likeness (QED) is 0.554. The average molecular weight is 436 g/mol. The standard InChI is InChI=1S/C24H25FN4O3/c1-2-29(13-18-4-3-5-20-23(18)32-15-31-20)24-22(25)19(27-14-28-24)11-10-16-6-8-17(9-7-16)12-21(26)30/h3-9,14H,2,10-13,15H2,1H3,(H2,26,30). The molecule has 2 N–H and O–H groups in total. The summed E-state index contributed by atoms with van der Waals surface area (Å²) in [5.74, 6) is 0.883. The number of hydrogen-bond acceptors (Lipinski definition) is 6. The smallest absolute Gasteiger partial charge is 0.231 e. The first-order valence-corrected chi connectivity index (χ1v) is 10.5. The maximum atomic E-state index is 15.3. The lowest BCUT2D eigenvalue weighted by Gasteiger charge is -2.23. The zero-order valence-corrected chi connectivity index (χ0v) is 17.9. The number of rotatable bonds is 9. The van der Waals surface area contributed by atoms with Crippen LogP contribution in [0.1, 0.15) is 29.3 Å². The number of fused-ring (bicyclic) bond motifs is 1. The summed E-state index contributed by atoms with van der Waals surface area (Å²) >= 11 is 0. The van der Waals surface area contributed by atoms with E-state index in [1.807, 2.05) is 54.3 Å². The largest absolute Gasteiger partial charge is 0.454 e. The van der Waals surface area contributed by atoms with Crippen LogP contribution < -0.4 is 20.1 Å². The molecule has 1 aromatic heterocycles. The van der Waals surface area contributed by atoms with Gasteiger partial charge in [-0.05, 0) is 37.0 Å². The van der Waals surface area contributed by atoms with Crippen LogP contribution in [0.5, 0.6) is 11.5 Å². The fraction of sp³-hybridized carbons (Fsp3) is 0.292. The van der Waals surface area contributed by atoms with Gasteiger partial charge >= 0.3 is 0 Å². The summed E-state index contributed by atoms with van der Waals surface area (Å²) in [7, 11) is 0. The van der Waals surface area contributed by atoms with Crippen molar-refractivity contribution in [1.82, 2.24) is 9.97 Å². The number of benzene rings is 2. The van der Waals surface area contributed by atoms with E-state index < -0.39 is 5.82 Å². The molecular weight excluding hydrogens is 411 g/mol. The molecule has 0 fully saturated rings. The second-order valence-corrected chi connectivity index (χ2v) is 7.58. The van der Waals surface area contributed by atoms with E-state index in [1.165, 1.54) is 6.33 Å². The molecule has 2 heterocycles. The number of aryl methyl sites for hydroxylation is 2. The first-order valence-electron chi connectivity index (χ1n) is 10.5. The van der Waals surface area contributed by atoms with Gasteiger partial charge in [-0.25, -0.2) is 14.4 Å². The van der Waals surface area contributed by atoms with Gasteiger partial charge in [0.1, 0.15) is 6.33 Å². The second-order valence-electron chi connectivity index (χ2n) is 7.58. The van der Waals surface area contributed by atoms with Crippen LogP contribution in [0.25, 0.3) is 0 Å². The van der Waals surface area contributed by atoms with Crippen molar-refractivity contribution < 1.29 is 18.7 Å². The van der Waals surface area contributed by atoms with Gasteiger partial charge in [0.2, 0.25) is 12.7 Å². The van der Waals surface area contributed by atoms with Crippen LogP contribution in [0.2, 0.25) is 0 Å². The highest BCUT2D eigenvalue weighted by Gasteiger charge is 2.22. The highest BCUT2D eigenvalue weighted by Crippen LogP contribution is 2.36. The summed E-state index contributed by atoms with van der Waals surface area (Å²) in [5, 5.41) is 0. The number of hydrogen-bond donors (Lipinski definition) is 1. The fourth-order valence-electron chi connectivity index (χ4n) is 3.74. The predicted molar refractivity (Wildman–Crippen MR) is 118 cm³/mol. The van der Waals surface area contributed by atoms with Crippen LogP contribution in [0.4, 0.5) is 10.2 Å². The molecule has 3 aromatic rings. The molecule has 0 saturated heterocycles. The van der Waals surface area contributed by atoms with Gasteiger partial charge in [0.25, 0.3) is 0 Å². The van der Waals surface area contributed by atoms with Crippen LogP contribution >= 0.6 is 0 Å². The van der Waals surface area contributed by atoms with E-state index in [2.05, 4.69) is 9.97 Å². The summed E-state index contributed by atoms with van der Waals surface area (Å²) in [6.07, 6.45) is 2.67. The number of nitrogens with zero attached hydrogens (tertiary/aromatic N) is 3. The zero-order valence-electron chi connectivity index (χ0n) is 17.9. The van der Waals surface area contributed by atoms with Crippen LogP contribution in [-0.2, 0) is 30.6 Å². The van der Waals surface area contributed by atoms with Gasteiger partial charge in [0.15, 0.2) is 23.1 Å². The van der Waals surface area contributed by atoms with Crippen molar-refractivity contribution in [3.8, 4) is 11.5 Å². The normalized spacial score (nSPS) is 12.1. The maximum Gasteiger partial charge on any atom is 0.231 e. The third kappa shape index (κ3) is 4.80. The van der Waals surface area contributed by atoms with E-state index in [9.17, 15) is 4.79 Å². The Labute approximate surface area is 186 Å². The lowest BCUT2D eigenvalue weighted by atomic mass is 10.0. The highest BCUT2D eigenvalue weighted by molar-refractivity contribution is 5.76. The third-order valence-electron chi connectivity index (χ3n) is 5.42. The predicted octanol–water partition coefficient (Wildman–Crippen LogP) is 3.18. The Morgan fingerprint density at radius 2 is 1.88 bits per heavy atom. The summed E-state index contributed by atoms with van der Waals surface area (Å²) in [5.41, 5.74) is 8.40. The molecule has 0 aliphatic carbocycles. The number of carbonyl (C=O) groups is 1. The van der Waals surface area contributed by atoms with Crippen LogP contribution in [0.15, 0.2) is 48.8 Å². The molecule has 1 amide bonds. The van der Waals surface area contributed by atoms with E-state index >= 15 is 4.39 Å². The van der Waals surface area contributed by atoms with E-state index in [4.69, 9.17) is 15.2 Å². The van der Waals surface area contributed by atoms with Crippen LogP contribution in [-0.4, -0.2) is 29.2 Å². The van der Waals surface area contributed by atoms with Gasteiger partial charge in [-0.15, -0.1) is 0 Å². The molecule has 0 spiro atoms. The molecular formula is C24H25FN4O3. The van der Waals surface area contributed by atoms with Crippen LogP contribution in [0, 0.1) is 5.82 Å². The van der Waals surface area contributed by atoms with Crippen molar-refractivity contribution in [2.75, 3.05) is 18.2 Å². The van der Waals surface area contributed by atoms with E-state index in [1.54, 1.807) is 0 Å². The van der Waals surface area contributed by atoms with Crippen molar-refractivity contribution in [2.24, 2.45) is 5.73 Å². The van der Waals surface area contributed by atoms with E-state index in [-0.39, 0.29) is 24.9 Å². The number of amides is 1. The second kappa shape index (κ2) is 9.64. The van der Waals surface area contributed by atoms with Gasteiger partial charge in [0, 0.05) is 18.7 Å². The lowest BCUT2D eigenvalue weighted by molar-refractivity contribution is -0.117. The van der Waals surface area contributed by atoms with Crippen molar-refractivity contribution >= 4 is 11.7 Å². The molecule has 7 nitrogen and oxygen atoms in total. The van der Waals surface area contributed by atoms with Crippen molar-refractivity contribution in [3.63, 3.8) is 0 Å². The number of para-hydroxylation sites is 1. The number of nitrogens with two attached hydrogens (primary N) is 1. The molecule has 0 bridgehead atoms. The Morgan fingerprint density at radius 1 is 1.09 bits per heavy atom. The molecule has 2 aromatic carbocycles. The average Bonchev–Trinajstić information content (AvgIpc) is 3.27. The van der Waals surface area contributed by atoms with Crippen LogP contribution in [0.3, 0.4) is 0 Å². The number of carbonyl (C=O) groups excluding carboxylic acids is 1. The van der Waals surface area contributed by atoms with Gasteiger partial charge < -0.3 is 20.1 Å². The first kappa shape index (κ1) is 21.5. The number of aromatic nitrogens is 2. The number of halogens is 1. The third-order valence-corrected chi connectivity index (χ3v) is 5.42. The molecule has 4 rings (SSSR count). The molecule has 8 heteroatoms. The fourth-order valence-corrected chi connectivity index (χ4v) is 3.74. The Morgan fingerprint density at radius 3 is 2.62 bits per heavy atom. The minimum absolute atomic E-state index is 0.188. The van der Waals surface area contributed by atoms with Crippen molar-refractivity contribution in [3.05, 3.63) is 77.0 Å². The maximum absolute atomic E-state index is 15.3. The number of primary amides is 1. The molecule has 0 saturated carbocycles. The zero-order chi connectivity index (χ0) is 22.5. The molecule has 0 unspecified atom stereocenters. The summed E-state index contributed by atoms with van der Waals surface area (Å²) in [6, 6.07) is 13.3. The van der Waals surface area contributed by atoms with E-state index in [0.717, 1.165) is 16.7 Å². The summed E-state index contributed by atoms with van der Waals surface area (Å²) in [4.78, 5) is 21.3. The Bertz CT molecular complexity index is 1100. The Kier molecular flexibility index (Phi) is 6.49. The summed E-state index contributed by atoms with van der Waals surface area (Å²) in [6.45, 7) is 3.15. The molecule has 1 aliphatic heterocycles. The SMILES string of the molecule is CCN(Cc1cccc2c1OCO2)c1ncnc(CCc2ccc(CC(N)=O)cc2)c1F. The van der Waals surface area contributed by atoms with Gasteiger partial charge in [0.05, 0.1) is 12.1 Å².